The van der Waals surface area contributed by atoms with E-state index in [1.165, 1.54) is 11.9 Å². The highest BCUT2D eigenvalue weighted by Gasteiger charge is 2.49. The Morgan fingerprint density at radius 1 is 1.35 bits per heavy atom. The van der Waals surface area contributed by atoms with E-state index in [1.54, 1.807) is 23.4 Å². The van der Waals surface area contributed by atoms with Crippen LogP contribution < -0.4 is 0 Å². The monoisotopic (exact) mass is 354 g/mol. The van der Waals surface area contributed by atoms with Gasteiger partial charge in [-0.15, -0.1) is 0 Å². The summed E-state index contributed by atoms with van der Waals surface area (Å²) < 4.78 is 12.1. The molecule has 7 nitrogen and oxygen atoms in total. The van der Waals surface area contributed by atoms with E-state index in [-0.39, 0.29) is 17.6 Å². The van der Waals surface area contributed by atoms with Gasteiger partial charge in [0.2, 0.25) is 0 Å². The lowest BCUT2D eigenvalue weighted by atomic mass is 9.84. The van der Waals surface area contributed by atoms with Gasteiger partial charge in [0.05, 0.1) is 25.8 Å². The molecule has 0 bridgehead atoms. The third-order valence-corrected chi connectivity index (χ3v) is 5.12. The van der Waals surface area contributed by atoms with Crippen LogP contribution in [-0.4, -0.2) is 57.2 Å². The average Bonchev–Trinajstić information content (AvgIpc) is 2.66. The van der Waals surface area contributed by atoms with Crippen molar-refractivity contribution in [3.8, 4) is 0 Å². The summed E-state index contributed by atoms with van der Waals surface area (Å²) in [4.78, 5) is 26.2. The number of amides is 1. The molecular weight excluding hydrogens is 332 g/mol. The van der Waals surface area contributed by atoms with Gasteiger partial charge in [-0.25, -0.2) is 9.97 Å². The summed E-state index contributed by atoms with van der Waals surface area (Å²) in [6, 6.07) is 3.63. The molecule has 136 valence electrons. The number of nitrogens with zero attached hydrogens (tertiary/aromatic N) is 4. The van der Waals surface area contributed by atoms with Crippen LogP contribution in [0.25, 0.3) is 0 Å². The van der Waals surface area contributed by atoms with Crippen molar-refractivity contribution in [2.24, 2.45) is 0 Å². The summed E-state index contributed by atoms with van der Waals surface area (Å²) in [7, 11) is 0. The second-order valence-electron chi connectivity index (χ2n) is 7.02. The smallest absolute Gasteiger partial charge is 0.272 e. The Morgan fingerprint density at radius 3 is 2.96 bits per heavy atom. The van der Waals surface area contributed by atoms with Crippen molar-refractivity contribution in [2.75, 3.05) is 19.7 Å². The predicted octanol–water partition coefficient (Wildman–Crippen LogP) is 1.77. The van der Waals surface area contributed by atoms with E-state index in [0.29, 0.717) is 32.0 Å². The largest absolute Gasteiger partial charge is 0.373 e. The third-order valence-electron chi connectivity index (χ3n) is 5.12. The van der Waals surface area contributed by atoms with Crippen molar-refractivity contribution in [2.45, 2.75) is 38.1 Å². The van der Waals surface area contributed by atoms with Crippen molar-refractivity contribution in [1.82, 2.24) is 19.9 Å². The average molecular weight is 354 g/mol. The second-order valence-corrected chi connectivity index (χ2v) is 7.02. The molecule has 0 N–H and O–H groups in total. The molecule has 2 aliphatic rings. The lowest BCUT2D eigenvalue weighted by Gasteiger charge is -2.52. The Bertz CT molecular complexity index is 777. The van der Waals surface area contributed by atoms with Gasteiger partial charge in [-0.05, 0) is 36.6 Å². The summed E-state index contributed by atoms with van der Waals surface area (Å²) in [5.74, 6) is -0.0735. The first-order valence-corrected chi connectivity index (χ1v) is 8.86. The van der Waals surface area contributed by atoms with E-state index in [2.05, 4.69) is 21.9 Å². The van der Waals surface area contributed by atoms with Gasteiger partial charge in [0.25, 0.3) is 5.91 Å². The summed E-state index contributed by atoms with van der Waals surface area (Å²) in [6.07, 6.45) is 8.44. The van der Waals surface area contributed by atoms with Crippen molar-refractivity contribution >= 4 is 5.91 Å². The Hall–Kier alpha value is -2.38. The molecular formula is C19H22N4O3. The minimum Gasteiger partial charge on any atom is -0.373 e. The Morgan fingerprint density at radius 2 is 2.19 bits per heavy atom. The van der Waals surface area contributed by atoms with E-state index >= 15 is 0 Å². The van der Waals surface area contributed by atoms with Crippen LogP contribution in [0.3, 0.4) is 0 Å². The molecule has 2 aromatic heterocycles. The highest BCUT2D eigenvalue weighted by Crippen LogP contribution is 2.36. The molecule has 7 heteroatoms. The molecule has 26 heavy (non-hydrogen) atoms. The van der Waals surface area contributed by atoms with Crippen LogP contribution in [0.15, 0.2) is 37.1 Å². The molecule has 2 aromatic rings. The van der Waals surface area contributed by atoms with E-state index in [9.17, 15) is 4.79 Å². The maximum absolute atomic E-state index is 12.4. The van der Waals surface area contributed by atoms with Crippen molar-refractivity contribution in [1.29, 1.82) is 0 Å². The standard InChI is InChI=1S/C19H22N4O3/c1-14-2-5-20-9-15(14)10-25-16-4-7-26-19(8-16)11-23(12-19)18(24)17-3-6-21-13-22-17/h2-3,5-6,9,13,16H,4,7-8,10-12H2,1H3. The quantitative estimate of drug-likeness (QED) is 0.833. The second kappa shape index (κ2) is 7.09. The van der Waals surface area contributed by atoms with Crippen molar-refractivity contribution < 1.29 is 14.3 Å². The number of hydrogen-bond donors (Lipinski definition) is 0. The molecule has 2 aliphatic heterocycles. The zero-order valence-electron chi connectivity index (χ0n) is 14.8. The van der Waals surface area contributed by atoms with Gasteiger partial charge < -0.3 is 14.4 Å². The number of likely N-dealkylation sites (tertiary alicyclic amines) is 1. The van der Waals surface area contributed by atoms with Crippen LogP contribution in [0, 0.1) is 6.92 Å². The maximum atomic E-state index is 12.4. The number of hydrogen-bond acceptors (Lipinski definition) is 6. The number of aromatic nitrogens is 3. The van der Waals surface area contributed by atoms with Gasteiger partial charge in [-0.2, -0.15) is 0 Å². The van der Waals surface area contributed by atoms with Crippen molar-refractivity contribution in [3.05, 3.63) is 53.9 Å². The zero-order valence-corrected chi connectivity index (χ0v) is 14.8. The molecule has 2 fully saturated rings. The lowest BCUT2D eigenvalue weighted by molar-refractivity contribution is -0.188. The fourth-order valence-electron chi connectivity index (χ4n) is 3.57. The van der Waals surface area contributed by atoms with Gasteiger partial charge >= 0.3 is 0 Å². The van der Waals surface area contributed by atoms with Crippen molar-refractivity contribution in [3.63, 3.8) is 0 Å². The topological polar surface area (TPSA) is 77.4 Å². The molecule has 4 heterocycles. The molecule has 0 saturated carbocycles. The number of aryl methyl sites for hydroxylation is 1. The van der Waals surface area contributed by atoms with Gasteiger partial charge in [-0.3, -0.25) is 9.78 Å². The van der Waals surface area contributed by atoms with E-state index in [1.807, 2.05) is 12.3 Å². The Balaban J connectivity index is 1.32. The minimum atomic E-state index is -0.282. The van der Waals surface area contributed by atoms with E-state index in [4.69, 9.17) is 9.47 Å². The molecule has 0 aromatic carbocycles. The fourth-order valence-corrected chi connectivity index (χ4v) is 3.57. The molecule has 1 unspecified atom stereocenters. The molecule has 0 aliphatic carbocycles. The number of ether oxygens (including phenoxy) is 2. The van der Waals surface area contributed by atoms with Crippen LogP contribution in [0.2, 0.25) is 0 Å². The number of carbonyl (C=O) groups is 1. The first-order chi connectivity index (χ1) is 12.7. The molecule has 0 radical (unpaired) electrons. The Labute approximate surface area is 152 Å². The van der Waals surface area contributed by atoms with Gasteiger partial charge in [0.1, 0.15) is 17.6 Å². The minimum absolute atomic E-state index is 0.0735. The number of carbonyl (C=O) groups excluding carboxylic acids is 1. The normalized spacial score (nSPS) is 21.4. The van der Waals surface area contributed by atoms with Crippen LogP contribution >= 0.6 is 0 Å². The molecule has 2 saturated heterocycles. The summed E-state index contributed by atoms with van der Waals surface area (Å²) in [5.41, 5.74) is 2.44. The van der Waals surface area contributed by atoms with Gasteiger partial charge in [0.15, 0.2) is 0 Å². The van der Waals surface area contributed by atoms with Crippen LogP contribution in [0.5, 0.6) is 0 Å². The van der Waals surface area contributed by atoms with Gasteiger partial charge in [0, 0.05) is 31.6 Å². The first kappa shape index (κ1) is 17.1. The molecule has 1 spiro atoms. The van der Waals surface area contributed by atoms with Crippen LogP contribution in [0.1, 0.15) is 34.5 Å². The summed E-state index contributed by atoms with van der Waals surface area (Å²) in [6.45, 7) is 4.45. The van der Waals surface area contributed by atoms with E-state index in [0.717, 1.165) is 18.4 Å². The molecule has 1 amide bonds. The highest BCUT2D eigenvalue weighted by atomic mass is 16.5. The highest BCUT2D eigenvalue weighted by molar-refractivity contribution is 5.92. The molecule has 4 rings (SSSR count). The third kappa shape index (κ3) is 3.45. The predicted molar refractivity (Wildman–Crippen MR) is 93.4 cm³/mol. The summed E-state index contributed by atoms with van der Waals surface area (Å²) in [5, 5.41) is 0. The molecule has 1 atom stereocenters. The Kier molecular flexibility index (Phi) is 4.65. The zero-order chi connectivity index (χ0) is 18.0. The maximum Gasteiger partial charge on any atom is 0.272 e. The number of pyridine rings is 1. The van der Waals surface area contributed by atoms with Gasteiger partial charge in [-0.1, -0.05) is 0 Å². The van der Waals surface area contributed by atoms with E-state index < -0.39 is 0 Å². The lowest BCUT2D eigenvalue weighted by Crippen LogP contribution is -2.67. The number of rotatable bonds is 4. The first-order valence-electron chi connectivity index (χ1n) is 8.86. The van der Waals surface area contributed by atoms with Crippen LogP contribution in [-0.2, 0) is 16.1 Å². The summed E-state index contributed by atoms with van der Waals surface area (Å²) >= 11 is 0. The van der Waals surface area contributed by atoms with Crippen LogP contribution in [0.4, 0.5) is 0 Å². The fraction of sp³-hybridized carbons (Fsp3) is 0.474. The SMILES string of the molecule is Cc1ccncc1COC1CCOC2(C1)CN(C(=O)c1ccncn1)C2.